The highest BCUT2D eigenvalue weighted by atomic mass is 32.1. The Bertz CT molecular complexity index is 328. The third-order valence-corrected chi connectivity index (χ3v) is 4.75. The quantitative estimate of drug-likeness (QED) is 0.840. The Labute approximate surface area is 108 Å². The molecule has 0 aliphatic heterocycles. The fourth-order valence-electron chi connectivity index (χ4n) is 2.25. The van der Waals surface area contributed by atoms with Gasteiger partial charge in [0.1, 0.15) is 0 Å². The summed E-state index contributed by atoms with van der Waals surface area (Å²) >= 11 is 1.85. The maximum atomic E-state index is 5.57. The largest absolute Gasteiger partial charge is 0.378 e. The smallest absolute Gasteiger partial charge is 0.0604 e. The van der Waals surface area contributed by atoms with Gasteiger partial charge in [-0.2, -0.15) is 0 Å². The van der Waals surface area contributed by atoms with E-state index in [9.17, 15) is 0 Å². The molecular weight excluding hydrogens is 230 g/mol. The van der Waals surface area contributed by atoms with E-state index >= 15 is 0 Å². The monoisotopic (exact) mass is 253 g/mol. The second-order valence-corrected chi connectivity index (χ2v) is 6.44. The molecule has 1 aliphatic carbocycles. The summed E-state index contributed by atoms with van der Waals surface area (Å²) in [5, 5.41) is 5.82. The van der Waals surface area contributed by atoms with Gasteiger partial charge >= 0.3 is 0 Å². The highest BCUT2D eigenvalue weighted by Crippen LogP contribution is 2.29. The van der Waals surface area contributed by atoms with Crippen molar-refractivity contribution < 1.29 is 4.74 Å². The van der Waals surface area contributed by atoms with Crippen LogP contribution < -0.4 is 5.32 Å². The van der Waals surface area contributed by atoms with E-state index < -0.39 is 0 Å². The van der Waals surface area contributed by atoms with E-state index in [0.29, 0.717) is 12.1 Å². The second-order valence-electron chi connectivity index (χ2n) is 5.49. The highest BCUT2D eigenvalue weighted by Gasteiger charge is 2.31. The van der Waals surface area contributed by atoms with E-state index in [4.69, 9.17) is 4.74 Å². The molecule has 0 unspecified atom stereocenters. The molecule has 0 saturated heterocycles. The van der Waals surface area contributed by atoms with E-state index in [2.05, 4.69) is 43.6 Å². The molecule has 2 rings (SSSR count). The minimum absolute atomic E-state index is 0.241. The van der Waals surface area contributed by atoms with Gasteiger partial charge < -0.3 is 10.1 Å². The first-order valence-corrected chi connectivity index (χ1v) is 7.39. The molecule has 0 aromatic carbocycles. The molecule has 0 radical (unpaired) electrons. The summed E-state index contributed by atoms with van der Waals surface area (Å²) in [7, 11) is 0. The van der Waals surface area contributed by atoms with Gasteiger partial charge in [-0.3, -0.25) is 0 Å². The molecule has 0 atom stereocenters. The molecule has 1 aromatic heterocycles. The van der Waals surface area contributed by atoms with Crippen LogP contribution in [0.25, 0.3) is 0 Å². The molecular formula is C14H23NOS. The predicted octanol–water partition coefficient (Wildman–Crippen LogP) is 3.18. The van der Waals surface area contributed by atoms with E-state index in [1.54, 1.807) is 0 Å². The van der Waals surface area contributed by atoms with E-state index in [1.807, 2.05) is 11.3 Å². The van der Waals surface area contributed by atoms with Crippen LogP contribution in [0.2, 0.25) is 0 Å². The number of thiophene rings is 1. The first-order valence-electron chi connectivity index (χ1n) is 6.51. The van der Waals surface area contributed by atoms with Crippen LogP contribution in [-0.2, 0) is 10.2 Å². The van der Waals surface area contributed by atoms with Crippen molar-refractivity contribution in [3.8, 4) is 0 Å². The summed E-state index contributed by atoms with van der Waals surface area (Å²) in [6.45, 7) is 8.59. The van der Waals surface area contributed by atoms with Crippen molar-refractivity contribution in [3.05, 3.63) is 22.4 Å². The SMILES string of the molecule is CCOC1CC(NCC(C)(C)c2cccs2)C1. The lowest BCUT2D eigenvalue weighted by atomic mass is 9.86. The Morgan fingerprint density at radius 1 is 1.47 bits per heavy atom. The van der Waals surface area contributed by atoms with Crippen LogP contribution >= 0.6 is 11.3 Å². The molecule has 1 heterocycles. The Balaban J connectivity index is 1.72. The fourth-order valence-corrected chi connectivity index (χ4v) is 3.11. The van der Waals surface area contributed by atoms with Crippen molar-refractivity contribution in [3.63, 3.8) is 0 Å². The summed E-state index contributed by atoms with van der Waals surface area (Å²) in [6.07, 6.45) is 2.85. The third-order valence-electron chi connectivity index (χ3n) is 3.52. The molecule has 96 valence electrons. The maximum absolute atomic E-state index is 5.57. The van der Waals surface area contributed by atoms with Crippen LogP contribution in [0.5, 0.6) is 0 Å². The van der Waals surface area contributed by atoms with Crippen molar-refractivity contribution >= 4 is 11.3 Å². The van der Waals surface area contributed by atoms with Gasteiger partial charge in [0.15, 0.2) is 0 Å². The van der Waals surface area contributed by atoms with Crippen LogP contribution in [-0.4, -0.2) is 25.3 Å². The van der Waals surface area contributed by atoms with Crippen molar-refractivity contribution in [2.45, 2.75) is 51.2 Å². The number of hydrogen-bond acceptors (Lipinski definition) is 3. The van der Waals surface area contributed by atoms with Crippen molar-refractivity contribution in [1.29, 1.82) is 0 Å². The number of hydrogen-bond donors (Lipinski definition) is 1. The summed E-state index contributed by atoms with van der Waals surface area (Å²) in [5.74, 6) is 0. The Morgan fingerprint density at radius 3 is 2.82 bits per heavy atom. The van der Waals surface area contributed by atoms with Gasteiger partial charge in [0.05, 0.1) is 6.10 Å². The lowest BCUT2D eigenvalue weighted by Gasteiger charge is -2.37. The summed E-state index contributed by atoms with van der Waals surface area (Å²) in [4.78, 5) is 1.46. The molecule has 1 aromatic rings. The summed E-state index contributed by atoms with van der Waals surface area (Å²) < 4.78 is 5.57. The van der Waals surface area contributed by atoms with Gasteiger partial charge in [0.25, 0.3) is 0 Å². The molecule has 2 nitrogen and oxygen atoms in total. The molecule has 1 saturated carbocycles. The minimum atomic E-state index is 0.241. The second kappa shape index (κ2) is 5.51. The van der Waals surface area contributed by atoms with Crippen molar-refractivity contribution in [1.82, 2.24) is 5.32 Å². The maximum Gasteiger partial charge on any atom is 0.0604 e. The molecule has 17 heavy (non-hydrogen) atoms. The minimum Gasteiger partial charge on any atom is -0.378 e. The van der Waals surface area contributed by atoms with Gasteiger partial charge in [0, 0.05) is 29.5 Å². The van der Waals surface area contributed by atoms with Crippen molar-refractivity contribution in [2.75, 3.05) is 13.2 Å². The predicted molar refractivity (Wildman–Crippen MR) is 73.8 cm³/mol. The van der Waals surface area contributed by atoms with E-state index in [-0.39, 0.29) is 5.41 Å². The van der Waals surface area contributed by atoms with Gasteiger partial charge in [-0.1, -0.05) is 19.9 Å². The first kappa shape index (κ1) is 13.1. The summed E-state index contributed by atoms with van der Waals surface area (Å²) in [6, 6.07) is 5.03. The van der Waals surface area contributed by atoms with Crippen LogP contribution in [0.4, 0.5) is 0 Å². The molecule has 1 N–H and O–H groups in total. The van der Waals surface area contributed by atoms with E-state index in [1.165, 1.54) is 17.7 Å². The van der Waals surface area contributed by atoms with Gasteiger partial charge in [-0.15, -0.1) is 11.3 Å². The third kappa shape index (κ3) is 3.30. The summed E-state index contributed by atoms with van der Waals surface area (Å²) in [5.41, 5.74) is 0.241. The zero-order chi connectivity index (χ0) is 12.3. The van der Waals surface area contributed by atoms with E-state index in [0.717, 1.165) is 13.2 Å². The topological polar surface area (TPSA) is 21.3 Å². The molecule has 3 heteroatoms. The molecule has 1 fully saturated rings. The molecule has 0 amide bonds. The molecule has 0 spiro atoms. The zero-order valence-electron chi connectivity index (χ0n) is 11.0. The normalized spacial score (nSPS) is 24.6. The molecule has 0 bridgehead atoms. The van der Waals surface area contributed by atoms with Gasteiger partial charge in [-0.05, 0) is 31.2 Å². The standard InChI is InChI=1S/C14H23NOS/c1-4-16-12-8-11(9-12)15-10-14(2,3)13-6-5-7-17-13/h5-7,11-12,15H,4,8-10H2,1-3H3. The Morgan fingerprint density at radius 2 is 2.24 bits per heavy atom. The first-order chi connectivity index (χ1) is 8.12. The Hall–Kier alpha value is -0.380. The van der Waals surface area contributed by atoms with Crippen LogP contribution in [0.15, 0.2) is 17.5 Å². The number of nitrogens with one attached hydrogen (secondary N) is 1. The lowest BCUT2D eigenvalue weighted by molar-refractivity contribution is -0.0107. The average molecular weight is 253 g/mol. The highest BCUT2D eigenvalue weighted by molar-refractivity contribution is 7.10. The van der Waals surface area contributed by atoms with Crippen LogP contribution in [0.3, 0.4) is 0 Å². The average Bonchev–Trinajstić information content (AvgIpc) is 2.75. The van der Waals surface area contributed by atoms with Gasteiger partial charge in [0.2, 0.25) is 0 Å². The molecule has 1 aliphatic rings. The van der Waals surface area contributed by atoms with Crippen molar-refractivity contribution in [2.24, 2.45) is 0 Å². The number of ether oxygens (including phenoxy) is 1. The van der Waals surface area contributed by atoms with Crippen LogP contribution in [0, 0.1) is 0 Å². The Kier molecular flexibility index (Phi) is 4.23. The number of rotatable bonds is 6. The fraction of sp³-hybridized carbons (Fsp3) is 0.714. The lowest BCUT2D eigenvalue weighted by Crippen LogP contribution is -2.48. The van der Waals surface area contributed by atoms with Crippen LogP contribution in [0.1, 0.15) is 38.5 Å². The zero-order valence-corrected chi connectivity index (χ0v) is 11.8. The van der Waals surface area contributed by atoms with Gasteiger partial charge in [-0.25, -0.2) is 0 Å².